The minimum atomic E-state index is -0.0703. The number of rotatable bonds is 4. The van der Waals surface area contributed by atoms with E-state index in [4.69, 9.17) is 11.5 Å². The summed E-state index contributed by atoms with van der Waals surface area (Å²) in [5.74, 6) is -0.0683. The molecule has 0 bridgehead atoms. The van der Waals surface area contributed by atoms with Gasteiger partial charge in [-0.1, -0.05) is 6.58 Å². The van der Waals surface area contributed by atoms with Crippen molar-refractivity contribution in [3.8, 4) is 0 Å². The molecule has 0 heterocycles. The Kier molecular flexibility index (Phi) is 5.62. The largest absolute Gasteiger partial charge is 0.370 e. The van der Waals surface area contributed by atoms with E-state index in [9.17, 15) is 4.79 Å². The first-order valence-corrected chi connectivity index (χ1v) is 4.73. The van der Waals surface area contributed by atoms with Crippen LogP contribution < -0.4 is 11.5 Å². The van der Waals surface area contributed by atoms with E-state index in [1.807, 2.05) is 0 Å². The lowest BCUT2D eigenvalue weighted by Gasteiger charge is -2.15. The van der Waals surface area contributed by atoms with Gasteiger partial charge < -0.3 is 16.4 Å². The fourth-order valence-electron chi connectivity index (χ4n) is 0.945. The number of hydrogen-bond acceptors (Lipinski definition) is 2. The van der Waals surface area contributed by atoms with E-state index in [-0.39, 0.29) is 11.9 Å². The summed E-state index contributed by atoms with van der Waals surface area (Å²) in [5, 5.41) is 0. The summed E-state index contributed by atoms with van der Waals surface area (Å²) < 4.78 is 0. The summed E-state index contributed by atoms with van der Waals surface area (Å²) >= 11 is 0. The molecule has 4 N–H and O–H groups in total. The molecule has 0 aromatic rings. The van der Waals surface area contributed by atoms with Crippen LogP contribution in [-0.4, -0.2) is 23.8 Å². The molecule has 0 fully saturated rings. The van der Waals surface area contributed by atoms with Crippen LogP contribution in [0.15, 0.2) is 41.2 Å². The number of allylic oxidation sites excluding steroid dienone is 4. The number of nitrogens with zero attached hydrogens (tertiary/aromatic N) is 2. The highest BCUT2D eigenvalue weighted by Gasteiger charge is 2.03. The Balaban J connectivity index is 4.92. The van der Waals surface area contributed by atoms with Gasteiger partial charge in [-0.05, 0) is 25.2 Å². The standard InChI is InChI=1S/C11H18N4O/c1-5-10(15(4)9(3)16)7-6-8(2)14-11(12)13/h5-7H,1H2,2-4H3,(H4,12,13,14)/b8-6+,10-7+. The Morgan fingerprint density at radius 1 is 1.31 bits per heavy atom. The van der Waals surface area contributed by atoms with Crippen LogP contribution in [0.1, 0.15) is 13.8 Å². The lowest BCUT2D eigenvalue weighted by molar-refractivity contribution is -0.125. The lowest BCUT2D eigenvalue weighted by atomic mass is 10.3. The number of guanidine groups is 1. The van der Waals surface area contributed by atoms with Crippen molar-refractivity contribution in [3.63, 3.8) is 0 Å². The van der Waals surface area contributed by atoms with Crippen molar-refractivity contribution in [2.24, 2.45) is 16.5 Å². The Bertz CT molecular complexity index is 362. The highest BCUT2D eigenvalue weighted by molar-refractivity contribution is 5.77. The zero-order valence-corrected chi connectivity index (χ0v) is 9.90. The second-order valence-electron chi connectivity index (χ2n) is 3.22. The third-order valence-corrected chi connectivity index (χ3v) is 1.87. The van der Waals surface area contributed by atoms with E-state index in [1.165, 1.54) is 11.8 Å². The first kappa shape index (κ1) is 14.0. The molecule has 16 heavy (non-hydrogen) atoms. The molecular formula is C11H18N4O. The maximum absolute atomic E-state index is 11.1. The number of likely N-dealkylation sites (N-methyl/N-ethyl adjacent to an activating group) is 1. The summed E-state index contributed by atoms with van der Waals surface area (Å²) in [6.45, 7) is 6.86. The minimum Gasteiger partial charge on any atom is -0.370 e. The highest BCUT2D eigenvalue weighted by Crippen LogP contribution is 2.05. The van der Waals surface area contributed by atoms with Crippen LogP contribution in [0, 0.1) is 0 Å². The Morgan fingerprint density at radius 3 is 2.25 bits per heavy atom. The van der Waals surface area contributed by atoms with Gasteiger partial charge in [0.15, 0.2) is 5.96 Å². The van der Waals surface area contributed by atoms with Gasteiger partial charge in [-0.2, -0.15) is 0 Å². The van der Waals surface area contributed by atoms with E-state index in [0.717, 1.165) is 0 Å². The van der Waals surface area contributed by atoms with Crippen LogP contribution in [0.2, 0.25) is 0 Å². The first-order chi connectivity index (χ1) is 7.38. The van der Waals surface area contributed by atoms with Crippen molar-refractivity contribution >= 4 is 11.9 Å². The maximum atomic E-state index is 11.1. The second-order valence-corrected chi connectivity index (χ2v) is 3.22. The molecule has 0 aromatic carbocycles. The molecule has 0 unspecified atom stereocenters. The lowest BCUT2D eigenvalue weighted by Crippen LogP contribution is -2.22. The summed E-state index contributed by atoms with van der Waals surface area (Å²) in [4.78, 5) is 16.4. The van der Waals surface area contributed by atoms with Crippen molar-refractivity contribution in [3.05, 3.63) is 36.2 Å². The molecule has 0 spiro atoms. The molecule has 5 nitrogen and oxygen atoms in total. The second kappa shape index (κ2) is 6.44. The van der Waals surface area contributed by atoms with Gasteiger partial charge in [-0.25, -0.2) is 4.99 Å². The van der Waals surface area contributed by atoms with Gasteiger partial charge in [0.25, 0.3) is 0 Å². The molecule has 0 aliphatic heterocycles. The van der Waals surface area contributed by atoms with Crippen molar-refractivity contribution < 1.29 is 4.79 Å². The first-order valence-electron chi connectivity index (χ1n) is 4.73. The molecule has 0 aliphatic rings. The predicted octanol–water partition coefficient (Wildman–Crippen LogP) is 0.712. The summed E-state index contributed by atoms with van der Waals surface area (Å²) in [6, 6.07) is 0. The number of aliphatic imine (C=N–C) groups is 1. The number of hydrogen-bond donors (Lipinski definition) is 2. The zero-order valence-electron chi connectivity index (χ0n) is 9.90. The van der Waals surface area contributed by atoms with Gasteiger partial charge in [0.2, 0.25) is 5.91 Å². The molecule has 1 amide bonds. The molecule has 0 aromatic heterocycles. The summed E-state index contributed by atoms with van der Waals surface area (Å²) in [5.41, 5.74) is 11.8. The van der Waals surface area contributed by atoms with Crippen LogP contribution >= 0.6 is 0 Å². The highest BCUT2D eigenvalue weighted by atomic mass is 16.2. The third kappa shape index (κ3) is 4.99. The number of nitrogens with two attached hydrogens (primary N) is 2. The molecule has 0 saturated carbocycles. The van der Waals surface area contributed by atoms with E-state index in [2.05, 4.69) is 11.6 Å². The molecule has 0 rings (SSSR count). The smallest absolute Gasteiger partial charge is 0.223 e. The van der Waals surface area contributed by atoms with Crippen molar-refractivity contribution in [1.82, 2.24) is 4.90 Å². The van der Waals surface area contributed by atoms with Crippen LogP contribution in [0.5, 0.6) is 0 Å². The Morgan fingerprint density at radius 2 is 1.88 bits per heavy atom. The fraction of sp³-hybridized carbons (Fsp3) is 0.273. The average Bonchev–Trinajstić information content (AvgIpc) is 2.16. The molecule has 0 saturated heterocycles. The molecule has 5 heteroatoms. The SMILES string of the molecule is C=C/C(=C\C=C(/C)N=C(N)N)N(C)C(C)=O. The molecule has 0 atom stereocenters. The summed E-state index contributed by atoms with van der Waals surface area (Å²) in [6.07, 6.45) is 5.01. The number of carbonyl (C=O) groups is 1. The van der Waals surface area contributed by atoms with E-state index in [1.54, 1.807) is 32.2 Å². The van der Waals surface area contributed by atoms with Crippen LogP contribution in [0.4, 0.5) is 0 Å². The minimum absolute atomic E-state index is 0.00206. The average molecular weight is 222 g/mol. The normalized spacial score (nSPS) is 11.9. The van der Waals surface area contributed by atoms with E-state index < -0.39 is 0 Å². The summed E-state index contributed by atoms with van der Waals surface area (Å²) in [7, 11) is 1.67. The van der Waals surface area contributed by atoms with Crippen LogP contribution in [0.25, 0.3) is 0 Å². The van der Waals surface area contributed by atoms with Crippen molar-refractivity contribution in [2.45, 2.75) is 13.8 Å². The van der Waals surface area contributed by atoms with E-state index in [0.29, 0.717) is 11.4 Å². The van der Waals surface area contributed by atoms with Gasteiger partial charge in [0.05, 0.1) is 0 Å². The van der Waals surface area contributed by atoms with Crippen molar-refractivity contribution in [2.75, 3.05) is 7.05 Å². The maximum Gasteiger partial charge on any atom is 0.223 e. The molecule has 0 aliphatic carbocycles. The Labute approximate surface area is 95.8 Å². The molecular weight excluding hydrogens is 204 g/mol. The quantitative estimate of drug-likeness (QED) is 0.417. The third-order valence-electron chi connectivity index (χ3n) is 1.87. The van der Waals surface area contributed by atoms with Crippen molar-refractivity contribution in [1.29, 1.82) is 0 Å². The van der Waals surface area contributed by atoms with Gasteiger partial charge in [-0.3, -0.25) is 4.79 Å². The zero-order chi connectivity index (χ0) is 12.7. The number of amides is 1. The van der Waals surface area contributed by atoms with Gasteiger partial charge >= 0.3 is 0 Å². The topological polar surface area (TPSA) is 84.7 Å². The van der Waals surface area contributed by atoms with Gasteiger partial charge in [0.1, 0.15) is 0 Å². The fourth-order valence-corrected chi connectivity index (χ4v) is 0.945. The predicted molar refractivity (Wildman–Crippen MR) is 66.3 cm³/mol. The molecule has 0 radical (unpaired) electrons. The van der Waals surface area contributed by atoms with Gasteiger partial charge in [-0.15, -0.1) is 0 Å². The van der Waals surface area contributed by atoms with E-state index >= 15 is 0 Å². The van der Waals surface area contributed by atoms with Crippen LogP contribution in [-0.2, 0) is 4.79 Å². The monoisotopic (exact) mass is 222 g/mol. The van der Waals surface area contributed by atoms with Crippen LogP contribution in [0.3, 0.4) is 0 Å². The Hall–Kier alpha value is -2.04. The number of carbonyl (C=O) groups excluding carboxylic acids is 1. The molecule has 88 valence electrons. The van der Waals surface area contributed by atoms with Gasteiger partial charge in [0, 0.05) is 25.4 Å².